The lowest BCUT2D eigenvalue weighted by Gasteiger charge is -2.36. The molecule has 33 heavy (non-hydrogen) atoms. The minimum atomic E-state index is -0.256. The lowest BCUT2D eigenvalue weighted by Crippen LogP contribution is -2.48. The zero-order chi connectivity index (χ0) is 22.9. The summed E-state index contributed by atoms with van der Waals surface area (Å²) in [4.78, 5) is 25.8. The largest absolute Gasteiger partial charge is 0.368 e. The van der Waals surface area contributed by atoms with E-state index in [1.165, 1.54) is 12.1 Å². The third-order valence-corrected chi connectivity index (χ3v) is 5.74. The normalized spacial score (nSPS) is 14.0. The van der Waals surface area contributed by atoms with Crippen molar-refractivity contribution in [3.63, 3.8) is 0 Å². The second-order valence-electron chi connectivity index (χ2n) is 7.86. The van der Waals surface area contributed by atoms with Crippen LogP contribution in [0.3, 0.4) is 0 Å². The number of pyridine rings is 1. The topological polar surface area (TPSA) is 93.2 Å². The Morgan fingerprint density at radius 1 is 1.00 bits per heavy atom. The van der Waals surface area contributed by atoms with Gasteiger partial charge in [-0.25, -0.2) is 14.1 Å². The lowest BCUT2D eigenvalue weighted by atomic mass is 10.2. The van der Waals surface area contributed by atoms with E-state index >= 15 is 0 Å². The summed E-state index contributed by atoms with van der Waals surface area (Å²) in [5.41, 5.74) is 2.93. The highest BCUT2D eigenvalue weighted by Crippen LogP contribution is 2.21. The molecule has 5 rings (SSSR count). The molecule has 1 aromatic carbocycles. The number of anilines is 1. The molecule has 0 radical (unpaired) electrons. The van der Waals surface area contributed by atoms with E-state index in [-0.39, 0.29) is 11.7 Å². The minimum absolute atomic E-state index is 0.0598. The Morgan fingerprint density at radius 2 is 1.76 bits per heavy atom. The number of nitrogens with zero attached hydrogens (tertiary/aromatic N) is 7. The Morgan fingerprint density at radius 3 is 2.39 bits per heavy atom. The van der Waals surface area contributed by atoms with E-state index < -0.39 is 0 Å². The lowest BCUT2D eigenvalue weighted by molar-refractivity contribution is 0.0746. The van der Waals surface area contributed by atoms with Crippen molar-refractivity contribution in [1.82, 2.24) is 29.8 Å². The van der Waals surface area contributed by atoms with Crippen LogP contribution in [0.5, 0.6) is 0 Å². The number of piperazine rings is 1. The predicted octanol–water partition coefficient (Wildman–Crippen LogP) is 3.04. The van der Waals surface area contributed by atoms with Gasteiger partial charge in [0.1, 0.15) is 5.82 Å². The van der Waals surface area contributed by atoms with E-state index in [4.69, 9.17) is 4.52 Å². The maximum atomic E-state index is 13.2. The summed E-state index contributed by atoms with van der Waals surface area (Å²) in [7, 11) is 0. The van der Waals surface area contributed by atoms with E-state index in [9.17, 15) is 9.18 Å². The standard InChI is InChI=1S/C23H22FN7O2/c1-15-20(23(32)30-11-9-29(10-12-30)19-6-4-18(24)5-7-19)14-26-31(15)21-8-3-17(13-25-21)22-27-16(2)28-33-22/h3-8,13-14H,9-12H2,1-2H3. The minimum Gasteiger partial charge on any atom is -0.368 e. The SMILES string of the molecule is Cc1noc(-c2ccc(-n3ncc(C(=O)N4CCN(c5ccc(F)cc5)CC4)c3C)nc2)n1. The van der Waals surface area contributed by atoms with Crippen molar-refractivity contribution in [2.75, 3.05) is 31.1 Å². The van der Waals surface area contributed by atoms with Gasteiger partial charge in [0, 0.05) is 38.1 Å². The van der Waals surface area contributed by atoms with Crippen molar-refractivity contribution in [2.45, 2.75) is 13.8 Å². The highest BCUT2D eigenvalue weighted by Gasteiger charge is 2.25. The molecule has 9 nitrogen and oxygen atoms in total. The van der Waals surface area contributed by atoms with Gasteiger partial charge in [-0.2, -0.15) is 10.1 Å². The first-order chi connectivity index (χ1) is 16.0. The molecule has 168 valence electrons. The summed E-state index contributed by atoms with van der Waals surface area (Å²) in [6.45, 7) is 6.13. The van der Waals surface area contributed by atoms with E-state index in [1.807, 2.05) is 17.9 Å². The molecule has 0 bridgehead atoms. The first-order valence-electron chi connectivity index (χ1n) is 10.6. The Balaban J connectivity index is 1.28. The van der Waals surface area contributed by atoms with Crippen LogP contribution in [-0.2, 0) is 0 Å². The monoisotopic (exact) mass is 447 g/mol. The molecule has 0 N–H and O–H groups in total. The van der Waals surface area contributed by atoms with Crippen LogP contribution in [-0.4, -0.2) is 61.9 Å². The molecule has 0 atom stereocenters. The van der Waals surface area contributed by atoms with Gasteiger partial charge in [0.15, 0.2) is 11.6 Å². The molecule has 1 saturated heterocycles. The molecule has 3 aromatic heterocycles. The summed E-state index contributed by atoms with van der Waals surface area (Å²) in [5, 5.41) is 8.18. The van der Waals surface area contributed by atoms with Gasteiger partial charge in [-0.15, -0.1) is 0 Å². The smallest absolute Gasteiger partial charge is 0.259 e. The highest BCUT2D eigenvalue weighted by molar-refractivity contribution is 5.95. The van der Waals surface area contributed by atoms with E-state index in [1.54, 1.807) is 42.2 Å². The average Bonchev–Trinajstić information content (AvgIpc) is 3.45. The van der Waals surface area contributed by atoms with Crippen molar-refractivity contribution in [2.24, 2.45) is 0 Å². The van der Waals surface area contributed by atoms with Crippen LogP contribution in [0.15, 0.2) is 53.3 Å². The maximum Gasteiger partial charge on any atom is 0.259 e. The highest BCUT2D eigenvalue weighted by atomic mass is 19.1. The molecule has 0 saturated carbocycles. The van der Waals surface area contributed by atoms with Gasteiger partial charge in [0.05, 0.1) is 23.0 Å². The van der Waals surface area contributed by atoms with Gasteiger partial charge in [0.25, 0.3) is 11.8 Å². The summed E-state index contributed by atoms with van der Waals surface area (Å²) in [6, 6.07) is 10.1. The molecular formula is C23H22FN7O2. The molecule has 1 amide bonds. The molecule has 4 aromatic rings. The van der Waals surface area contributed by atoms with Gasteiger partial charge < -0.3 is 14.3 Å². The van der Waals surface area contributed by atoms with Crippen LogP contribution in [0.2, 0.25) is 0 Å². The van der Waals surface area contributed by atoms with Crippen molar-refractivity contribution in [1.29, 1.82) is 0 Å². The van der Waals surface area contributed by atoms with E-state index in [0.29, 0.717) is 54.8 Å². The first-order valence-corrected chi connectivity index (χ1v) is 10.6. The summed E-state index contributed by atoms with van der Waals surface area (Å²) in [6.07, 6.45) is 3.22. The van der Waals surface area contributed by atoms with Crippen molar-refractivity contribution in [3.8, 4) is 17.3 Å². The van der Waals surface area contributed by atoms with Crippen molar-refractivity contribution >= 4 is 11.6 Å². The zero-order valence-corrected chi connectivity index (χ0v) is 18.3. The van der Waals surface area contributed by atoms with Crippen LogP contribution in [0.25, 0.3) is 17.3 Å². The predicted molar refractivity (Wildman–Crippen MR) is 119 cm³/mol. The van der Waals surface area contributed by atoms with Gasteiger partial charge in [-0.3, -0.25) is 4.79 Å². The van der Waals surface area contributed by atoms with Crippen LogP contribution in [0, 0.1) is 19.7 Å². The second kappa shape index (κ2) is 8.45. The third-order valence-electron chi connectivity index (χ3n) is 5.74. The van der Waals surface area contributed by atoms with Gasteiger partial charge in [0.2, 0.25) is 0 Å². The maximum absolute atomic E-state index is 13.2. The second-order valence-corrected chi connectivity index (χ2v) is 7.86. The van der Waals surface area contributed by atoms with Crippen LogP contribution in [0.1, 0.15) is 21.9 Å². The number of carbonyl (C=O) groups is 1. The molecule has 1 aliphatic heterocycles. The fourth-order valence-corrected chi connectivity index (χ4v) is 3.89. The van der Waals surface area contributed by atoms with Crippen molar-refractivity contribution in [3.05, 3.63) is 71.7 Å². The van der Waals surface area contributed by atoms with Gasteiger partial charge >= 0.3 is 0 Å². The van der Waals surface area contributed by atoms with Crippen LogP contribution in [0.4, 0.5) is 10.1 Å². The zero-order valence-electron chi connectivity index (χ0n) is 18.3. The summed E-state index contributed by atoms with van der Waals surface area (Å²) >= 11 is 0. The van der Waals surface area contributed by atoms with Crippen LogP contribution >= 0.6 is 0 Å². The van der Waals surface area contributed by atoms with Crippen LogP contribution < -0.4 is 4.90 Å². The Hall–Kier alpha value is -4.08. The Labute approximate surface area is 189 Å². The third kappa shape index (κ3) is 4.07. The number of benzene rings is 1. The number of aryl methyl sites for hydroxylation is 1. The van der Waals surface area contributed by atoms with E-state index in [2.05, 4.69) is 25.1 Å². The van der Waals surface area contributed by atoms with E-state index in [0.717, 1.165) is 11.4 Å². The van der Waals surface area contributed by atoms with Crippen molar-refractivity contribution < 1.29 is 13.7 Å². The van der Waals surface area contributed by atoms with Gasteiger partial charge in [-0.05, 0) is 50.2 Å². The summed E-state index contributed by atoms with van der Waals surface area (Å²) in [5.74, 6) is 1.23. The molecule has 1 fully saturated rings. The first kappa shape index (κ1) is 20.8. The molecule has 4 heterocycles. The average molecular weight is 447 g/mol. The molecular weight excluding hydrogens is 425 g/mol. The number of hydrogen-bond donors (Lipinski definition) is 0. The molecule has 0 spiro atoms. The number of halogens is 1. The number of aromatic nitrogens is 5. The molecule has 1 aliphatic rings. The summed E-state index contributed by atoms with van der Waals surface area (Å²) < 4.78 is 20.0. The molecule has 10 heteroatoms. The number of carbonyl (C=O) groups excluding carboxylic acids is 1. The quantitative estimate of drug-likeness (QED) is 0.475. The fourth-order valence-electron chi connectivity index (χ4n) is 3.89. The van der Waals surface area contributed by atoms with Gasteiger partial charge in [-0.1, -0.05) is 5.16 Å². The molecule has 0 aliphatic carbocycles. The number of rotatable bonds is 4. The fraction of sp³-hybridized carbons (Fsp3) is 0.261. The number of hydrogen-bond acceptors (Lipinski definition) is 7. The number of amides is 1. The Bertz CT molecular complexity index is 1270. The molecule has 0 unspecified atom stereocenters. The Kier molecular flexibility index (Phi) is 5.33.